The predicted molar refractivity (Wildman–Crippen MR) is 107 cm³/mol. The van der Waals surface area contributed by atoms with E-state index in [0.717, 1.165) is 11.3 Å². The molecule has 0 radical (unpaired) electrons. The van der Waals surface area contributed by atoms with Gasteiger partial charge < -0.3 is 19.7 Å². The summed E-state index contributed by atoms with van der Waals surface area (Å²) in [6.07, 6.45) is 0. The first-order chi connectivity index (χ1) is 12.5. The van der Waals surface area contributed by atoms with Crippen LogP contribution in [0.2, 0.25) is 10.0 Å². The molecule has 26 heavy (non-hydrogen) atoms. The van der Waals surface area contributed by atoms with Crippen LogP contribution in [0.1, 0.15) is 10.9 Å². The van der Waals surface area contributed by atoms with Crippen molar-refractivity contribution in [1.82, 2.24) is 4.90 Å². The van der Waals surface area contributed by atoms with Gasteiger partial charge in [0.15, 0.2) is 0 Å². The van der Waals surface area contributed by atoms with Gasteiger partial charge in [-0.05, 0) is 12.1 Å². The highest BCUT2D eigenvalue weighted by molar-refractivity contribution is 7.99. The number of urea groups is 1. The Kier molecular flexibility index (Phi) is 6.06. The number of benzene rings is 2. The normalized spacial score (nSPS) is 16.5. The number of halogens is 2. The van der Waals surface area contributed by atoms with Crippen molar-refractivity contribution in [2.24, 2.45) is 0 Å². The number of anilines is 1. The molecule has 0 bridgehead atoms. The Balaban J connectivity index is 1.80. The van der Waals surface area contributed by atoms with Gasteiger partial charge in [0.25, 0.3) is 0 Å². The monoisotopic (exact) mass is 412 g/mol. The number of thioether (sulfide) groups is 1. The highest BCUT2D eigenvalue weighted by Gasteiger charge is 2.32. The number of ether oxygens (including phenoxy) is 2. The van der Waals surface area contributed by atoms with Crippen LogP contribution in [-0.4, -0.2) is 37.4 Å². The minimum atomic E-state index is -0.207. The van der Waals surface area contributed by atoms with E-state index in [1.807, 2.05) is 6.07 Å². The van der Waals surface area contributed by atoms with Gasteiger partial charge in [-0.2, -0.15) is 0 Å². The van der Waals surface area contributed by atoms with Gasteiger partial charge in [0.05, 0.1) is 14.2 Å². The zero-order valence-corrected chi connectivity index (χ0v) is 16.6. The lowest BCUT2D eigenvalue weighted by Crippen LogP contribution is -2.34. The number of methoxy groups -OCH3 is 2. The smallest absolute Gasteiger partial charge is 0.323 e. The molecule has 0 aromatic heterocycles. The van der Waals surface area contributed by atoms with E-state index in [1.165, 1.54) is 0 Å². The van der Waals surface area contributed by atoms with E-state index in [4.69, 9.17) is 32.7 Å². The quantitative estimate of drug-likeness (QED) is 0.740. The molecular weight excluding hydrogens is 395 g/mol. The number of hydrogen-bond acceptors (Lipinski definition) is 4. The summed E-state index contributed by atoms with van der Waals surface area (Å²) in [6.45, 7) is 0.626. The van der Waals surface area contributed by atoms with Crippen LogP contribution in [0.5, 0.6) is 11.5 Å². The third-order valence-electron chi connectivity index (χ3n) is 3.98. The Morgan fingerprint density at radius 1 is 1.15 bits per heavy atom. The molecule has 0 spiro atoms. The predicted octanol–water partition coefficient (Wildman–Crippen LogP) is 5.29. The van der Waals surface area contributed by atoms with Gasteiger partial charge in [-0.15, -0.1) is 11.8 Å². The summed E-state index contributed by atoms with van der Waals surface area (Å²) in [7, 11) is 3.13. The molecule has 138 valence electrons. The summed E-state index contributed by atoms with van der Waals surface area (Å²) in [5.74, 6) is 2.04. The first kappa shape index (κ1) is 19.0. The molecule has 0 unspecified atom stereocenters. The van der Waals surface area contributed by atoms with Crippen LogP contribution >= 0.6 is 35.0 Å². The zero-order chi connectivity index (χ0) is 18.7. The van der Waals surface area contributed by atoms with E-state index in [-0.39, 0.29) is 11.4 Å². The summed E-state index contributed by atoms with van der Waals surface area (Å²) >= 11 is 14.0. The average molecular weight is 413 g/mol. The van der Waals surface area contributed by atoms with Gasteiger partial charge >= 0.3 is 6.03 Å². The average Bonchev–Trinajstić information content (AvgIpc) is 3.10. The van der Waals surface area contributed by atoms with Gasteiger partial charge in [0.2, 0.25) is 0 Å². The van der Waals surface area contributed by atoms with Gasteiger partial charge in [-0.25, -0.2) is 4.79 Å². The lowest BCUT2D eigenvalue weighted by atomic mass is 10.2. The summed E-state index contributed by atoms with van der Waals surface area (Å²) in [5.41, 5.74) is 1.47. The van der Waals surface area contributed by atoms with Gasteiger partial charge in [-0.3, -0.25) is 0 Å². The Morgan fingerprint density at radius 3 is 2.46 bits per heavy atom. The van der Waals surface area contributed by atoms with Gasteiger partial charge in [0.1, 0.15) is 16.9 Å². The van der Waals surface area contributed by atoms with Crippen molar-refractivity contribution >= 4 is 46.7 Å². The summed E-state index contributed by atoms with van der Waals surface area (Å²) in [5, 5.41) is 3.87. The highest BCUT2D eigenvalue weighted by Crippen LogP contribution is 2.42. The van der Waals surface area contributed by atoms with Crippen LogP contribution in [0.25, 0.3) is 0 Å². The third-order valence-corrected chi connectivity index (χ3v) is 5.79. The minimum absolute atomic E-state index is 0.160. The van der Waals surface area contributed by atoms with E-state index in [2.05, 4.69) is 5.32 Å². The molecule has 2 aromatic rings. The molecule has 1 heterocycles. The highest BCUT2D eigenvalue weighted by atomic mass is 35.5. The molecular formula is C18H18Cl2N2O3S. The fourth-order valence-corrected chi connectivity index (χ4v) is 4.58. The fourth-order valence-electron chi connectivity index (χ4n) is 2.71. The number of nitrogens with zero attached hydrogens (tertiary/aromatic N) is 1. The van der Waals surface area contributed by atoms with Crippen molar-refractivity contribution in [3.05, 3.63) is 52.0 Å². The lowest BCUT2D eigenvalue weighted by molar-refractivity contribution is 0.214. The van der Waals surface area contributed by atoms with Crippen LogP contribution < -0.4 is 14.8 Å². The second-order valence-electron chi connectivity index (χ2n) is 5.61. The molecule has 1 aliphatic rings. The molecule has 0 saturated carbocycles. The summed E-state index contributed by atoms with van der Waals surface area (Å²) in [6, 6.07) is 10.4. The SMILES string of the molecule is COc1cc(NC(=O)N2CCS[C@H]2c2ccc(Cl)cc2Cl)cc(OC)c1. The van der Waals surface area contributed by atoms with Crippen LogP contribution in [-0.2, 0) is 0 Å². The fraction of sp³-hybridized carbons (Fsp3) is 0.278. The van der Waals surface area contributed by atoms with Crippen molar-refractivity contribution in [3.63, 3.8) is 0 Å². The van der Waals surface area contributed by atoms with Crippen molar-refractivity contribution in [2.75, 3.05) is 31.8 Å². The van der Waals surface area contributed by atoms with Crippen molar-refractivity contribution in [1.29, 1.82) is 0 Å². The molecule has 8 heteroatoms. The first-order valence-electron chi connectivity index (χ1n) is 7.89. The van der Waals surface area contributed by atoms with Crippen LogP contribution in [0.3, 0.4) is 0 Å². The largest absolute Gasteiger partial charge is 0.497 e. The Morgan fingerprint density at radius 2 is 1.85 bits per heavy atom. The Hall–Kier alpha value is -1.76. The second kappa shape index (κ2) is 8.29. The number of carbonyl (C=O) groups is 1. The summed E-state index contributed by atoms with van der Waals surface area (Å²) < 4.78 is 10.5. The maximum atomic E-state index is 12.8. The molecule has 1 fully saturated rings. The summed E-state index contributed by atoms with van der Waals surface area (Å²) in [4.78, 5) is 14.6. The van der Waals surface area contributed by atoms with Crippen LogP contribution in [0.4, 0.5) is 10.5 Å². The molecule has 1 N–H and O–H groups in total. The van der Waals surface area contributed by atoms with E-state index in [9.17, 15) is 4.79 Å². The first-order valence-corrected chi connectivity index (χ1v) is 9.69. The molecule has 2 amide bonds. The van der Waals surface area contributed by atoms with E-state index in [1.54, 1.807) is 61.2 Å². The lowest BCUT2D eigenvalue weighted by Gasteiger charge is -2.25. The molecule has 5 nitrogen and oxygen atoms in total. The van der Waals surface area contributed by atoms with Crippen LogP contribution in [0.15, 0.2) is 36.4 Å². The standard InChI is InChI=1S/C18H18Cl2N2O3S/c1-24-13-8-12(9-14(10-13)25-2)21-18(23)22-5-6-26-17(22)15-4-3-11(19)7-16(15)20/h3-4,7-10,17H,5-6H2,1-2H3,(H,21,23)/t17-/m0/s1. The van der Waals surface area contributed by atoms with E-state index >= 15 is 0 Å². The molecule has 2 aromatic carbocycles. The molecule has 3 rings (SSSR count). The number of nitrogens with one attached hydrogen (secondary N) is 1. The third kappa shape index (κ3) is 4.14. The van der Waals surface area contributed by atoms with Crippen LogP contribution in [0, 0.1) is 0 Å². The van der Waals surface area contributed by atoms with Crippen molar-refractivity contribution in [2.45, 2.75) is 5.37 Å². The Labute approximate surface area is 166 Å². The van der Waals surface area contributed by atoms with E-state index < -0.39 is 0 Å². The topological polar surface area (TPSA) is 50.8 Å². The van der Waals surface area contributed by atoms with Crippen molar-refractivity contribution < 1.29 is 14.3 Å². The van der Waals surface area contributed by atoms with Crippen molar-refractivity contribution in [3.8, 4) is 11.5 Å². The number of hydrogen-bond donors (Lipinski definition) is 1. The maximum absolute atomic E-state index is 12.8. The Bertz CT molecular complexity index is 797. The minimum Gasteiger partial charge on any atom is -0.497 e. The molecule has 1 aliphatic heterocycles. The molecule has 1 saturated heterocycles. The number of amides is 2. The van der Waals surface area contributed by atoms with E-state index in [0.29, 0.717) is 33.8 Å². The number of carbonyl (C=O) groups excluding carboxylic acids is 1. The second-order valence-corrected chi connectivity index (χ2v) is 7.65. The zero-order valence-electron chi connectivity index (χ0n) is 14.3. The molecule has 1 atom stereocenters. The van der Waals surface area contributed by atoms with Gasteiger partial charge in [-0.1, -0.05) is 29.3 Å². The maximum Gasteiger partial charge on any atom is 0.323 e. The number of rotatable bonds is 4. The van der Waals surface area contributed by atoms with Gasteiger partial charge in [0, 0.05) is 51.8 Å². The molecule has 0 aliphatic carbocycles.